The van der Waals surface area contributed by atoms with Crippen LogP contribution in [0.5, 0.6) is 0 Å². The Morgan fingerprint density at radius 1 is 1.12 bits per heavy atom. The van der Waals surface area contributed by atoms with Crippen LogP contribution in [0.3, 0.4) is 0 Å². The van der Waals surface area contributed by atoms with Crippen molar-refractivity contribution in [3.05, 3.63) is 60.5 Å². The molecule has 1 aliphatic rings. The monoisotopic (exact) mass is 321 g/mol. The van der Waals surface area contributed by atoms with Crippen LogP contribution in [-0.4, -0.2) is 44.1 Å². The SMILES string of the molecule is O=C(c1ccncc1)N1CC[C@H](c2nnc(-c3cccnc3)o2)C1. The van der Waals surface area contributed by atoms with Crippen LogP contribution >= 0.6 is 0 Å². The molecule has 0 N–H and O–H groups in total. The first-order valence-electron chi connectivity index (χ1n) is 7.74. The predicted molar refractivity (Wildman–Crippen MR) is 85.0 cm³/mol. The van der Waals surface area contributed by atoms with E-state index in [9.17, 15) is 4.79 Å². The maximum Gasteiger partial charge on any atom is 0.253 e. The van der Waals surface area contributed by atoms with Crippen LogP contribution in [0, 0.1) is 0 Å². The molecule has 7 nitrogen and oxygen atoms in total. The Kier molecular flexibility index (Phi) is 3.74. The van der Waals surface area contributed by atoms with Crippen LogP contribution in [0.1, 0.15) is 28.6 Å². The first kappa shape index (κ1) is 14.5. The lowest BCUT2D eigenvalue weighted by atomic mass is 10.1. The maximum atomic E-state index is 12.5. The summed E-state index contributed by atoms with van der Waals surface area (Å²) in [5.74, 6) is 1.09. The maximum absolute atomic E-state index is 12.5. The highest BCUT2D eigenvalue weighted by Crippen LogP contribution is 2.29. The van der Waals surface area contributed by atoms with Crippen molar-refractivity contribution in [2.45, 2.75) is 12.3 Å². The Hall–Kier alpha value is -3.09. The van der Waals surface area contributed by atoms with Gasteiger partial charge in [0, 0.05) is 43.4 Å². The van der Waals surface area contributed by atoms with E-state index < -0.39 is 0 Å². The Morgan fingerprint density at radius 3 is 2.79 bits per heavy atom. The Balaban J connectivity index is 1.48. The third kappa shape index (κ3) is 2.76. The third-order valence-corrected chi connectivity index (χ3v) is 4.10. The van der Waals surface area contributed by atoms with Gasteiger partial charge >= 0.3 is 0 Å². The van der Waals surface area contributed by atoms with Crippen molar-refractivity contribution in [2.75, 3.05) is 13.1 Å². The zero-order valence-electron chi connectivity index (χ0n) is 12.9. The molecule has 0 spiro atoms. The van der Waals surface area contributed by atoms with Crippen LogP contribution in [0.15, 0.2) is 53.5 Å². The highest BCUT2D eigenvalue weighted by Gasteiger charge is 2.31. The second-order valence-electron chi connectivity index (χ2n) is 5.66. The molecule has 0 radical (unpaired) electrons. The molecule has 0 unspecified atom stereocenters. The van der Waals surface area contributed by atoms with Crippen LogP contribution in [0.4, 0.5) is 0 Å². The largest absolute Gasteiger partial charge is 0.420 e. The molecule has 3 aromatic rings. The van der Waals surface area contributed by atoms with Crippen LogP contribution in [0.25, 0.3) is 11.5 Å². The topological polar surface area (TPSA) is 85.0 Å². The van der Waals surface area contributed by atoms with Gasteiger partial charge in [-0.1, -0.05) is 0 Å². The minimum atomic E-state index is 0.00639. The first-order valence-corrected chi connectivity index (χ1v) is 7.74. The van der Waals surface area contributed by atoms with Gasteiger partial charge in [-0.3, -0.25) is 14.8 Å². The van der Waals surface area contributed by atoms with Crippen LogP contribution in [-0.2, 0) is 0 Å². The van der Waals surface area contributed by atoms with Gasteiger partial charge in [0.25, 0.3) is 5.91 Å². The molecule has 24 heavy (non-hydrogen) atoms. The fourth-order valence-corrected chi connectivity index (χ4v) is 2.83. The molecule has 1 amide bonds. The van der Waals surface area contributed by atoms with Crippen molar-refractivity contribution in [2.24, 2.45) is 0 Å². The van der Waals surface area contributed by atoms with Crippen molar-refractivity contribution >= 4 is 5.91 Å². The molecule has 1 fully saturated rings. The van der Waals surface area contributed by atoms with Gasteiger partial charge in [-0.05, 0) is 30.7 Å². The second kappa shape index (κ2) is 6.19. The van der Waals surface area contributed by atoms with E-state index >= 15 is 0 Å². The highest BCUT2D eigenvalue weighted by atomic mass is 16.4. The molecule has 7 heteroatoms. The normalized spacial score (nSPS) is 17.2. The lowest BCUT2D eigenvalue weighted by molar-refractivity contribution is 0.0790. The third-order valence-electron chi connectivity index (χ3n) is 4.10. The standard InChI is InChI=1S/C17H15N5O2/c23-17(12-3-7-18-8-4-12)22-9-5-14(11-22)16-21-20-15(24-16)13-2-1-6-19-10-13/h1-4,6-8,10,14H,5,9,11H2/t14-/m0/s1. The van der Waals surface area contributed by atoms with Gasteiger partial charge in [0.2, 0.25) is 11.8 Å². The Labute approximate surface area is 138 Å². The molecule has 0 aliphatic carbocycles. The summed E-state index contributed by atoms with van der Waals surface area (Å²) in [5.41, 5.74) is 1.44. The van der Waals surface area contributed by atoms with E-state index in [4.69, 9.17) is 4.42 Å². The number of pyridine rings is 2. The molecule has 1 aliphatic heterocycles. The van der Waals surface area contributed by atoms with E-state index in [2.05, 4.69) is 20.2 Å². The zero-order chi connectivity index (χ0) is 16.4. The summed E-state index contributed by atoms with van der Waals surface area (Å²) in [6.07, 6.45) is 7.44. The van der Waals surface area contributed by atoms with Gasteiger partial charge in [0.05, 0.1) is 11.5 Å². The molecule has 120 valence electrons. The van der Waals surface area contributed by atoms with Crippen molar-refractivity contribution < 1.29 is 9.21 Å². The number of hydrogen-bond acceptors (Lipinski definition) is 6. The number of rotatable bonds is 3. The molecule has 0 bridgehead atoms. The molecule has 0 aromatic carbocycles. The average Bonchev–Trinajstić information content (AvgIpc) is 3.32. The number of nitrogens with zero attached hydrogens (tertiary/aromatic N) is 5. The van der Waals surface area contributed by atoms with E-state index in [1.54, 1.807) is 36.9 Å². The van der Waals surface area contributed by atoms with Gasteiger partial charge in [0.1, 0.15) is 0 Å². The highest BCUT2D eigenvalue weighted by molar-refractivity contribution is 5.94. The molecule has 3 aromatic heterocycles. The van der Waals surface area contributed by atoms with Gasteiger partial charge < -0.3 is 9.32 Å². The lowest BCUT2D eigenvalue weighted by Crippen LogP contribution is -2.28. The zero-order valence-corrected chi connectivity index (χ0v) is 12.9. The lowest BCUT2D eigenvalue weighted by Gasteiger charge is -2.15. The van der Waals surface area contributed by atoms with E-state index in [1.807, 2.05) is 17.0 Å². The average molecular weight is 321 g/mol. The molecule has 4 rings (SSSR count). The van der Waals surface area contributed by atoms with Gasteiger partial charge in [-0.25, -0.2) is 0 Å². The predicted octanol–water partition coefficient (Wildman–Crippen LogP) is 2.16. The van der Waals surface area contributed by atoms with Gasteiger partial charge in [-0.15, -0.1) is 10.2 Å². The van der Waals surface area contributed by atoms with Crippen molar-refractivity contribution in [1.82, 2.24) is 25.1 Å². The molecule has 1 saturated heterocycles. The number of carbonyl (C=O) groups excluding carboxylic acids is 1. The van der Waals surface area contributed by atoms with Crippen molar-refractivity contribution in [1.29, 1.82) is 0 Å². The molecular weight excluding hydrogens is 306 g/mol. The number of aromatic nitrogens is 4. The molecule has 1 atom stereocenters. The summed E-state index contributed by atoms with van der Waals surface area (Å²) in [4.78, 5) is 22.3. The van der Waals surface area contributed by atoms with Gasteiger partial charge in [0.15, 0.2) is 0 Å². The van der Waals surface area contributed by atoms with Crippen molar-refractivity contribution in [3.63, 3.8) is 0 Å². The molecular formula is C17H15N5O2. The minimum Gasteiger partial charge on any atom is -0.420 e. The number of amides is 1. The first-order chi connectivity index (χ1) is 11.8. The van der Waals surface area contributed by atoms with Gasteiger partial charge in [-0.2, -0.15) is 0 Å². The van der Waals surface area contributed by atoms with E-state index in [0.29, 0.717) is 30.4 Å². The summed E-state index contributed by atoms with van der Waals surface area (Å²) in [6.45, 7) is 1.26. The summed E-state index contributed by atoms with van der Waals surface area (Å²) in [5, 5.41) is 8.24. The summed E-state index contributed by atoms with van der Waals surface area (Å²) >= 11 is 0. The second-order valence-corrected chi connectivity index (χ2v) is 5.66. The molecule has 4 heterocycles. The van der Waals surface area contributed by atoms with E-state index in [1.165, 1.54) is 0 Å². The van der Waals surface area contributed by atoms with E-state index in [0.717, 1.165) is 12.0 Å². The number of carbonyl (C=O) groups is 1. The Bertz CT molecular complexity index is 834. The fraction of sp³-hybridized carbons (Fsp3) is 0.235. The van der Waals surface area contributed by atoms with Crippen LogP contribution < -0.4 is 0 Å². The summed E-state index contributed by atoms with van der Waals surface area (Å²) < 4.78 is 5.78. The summed E-state index contributed by atoms with van der Waals surface area (Å²) in [6, 6.07) is 7.15. The molecule has 0 saturated carbocycles. The smallest absolute Gasteiger partial charge is 0.253 e. The van der Waals surface area contributed by atoms with Crippen molar-refractivity contribution in [3.8, 4) is 11.5 Å². The minimum absolute atomic E-state index is 0.00639. The quantitative estimate of drug-likeness (QED) is 0.735. The fourth-order valence-electron chi connectivity index (χ4n) is 2.83. The Morgan fingerprint density at radius 2 is 2.00 bits per heavy atom. The number of hydrogen-bond donors (Lipinski definition) is 0. The number of likely N-dealkylation sites (tertiary alicyclic amines) is 1. The van der Waals surface area contributed by atoms with Crippen LogP contribution in [0.2, 0.25) is 0 Å². The van der Waals surface area contributed by atoms with E-state index in [-0.39, 0.29) is 11.8 Å². The summed E-state index contributed by atoms with van der Waals surface area (Å²) in [7, 11) is 0.